The number of hydrogen-bond donors (Lipinski definition) is 3. The Kier molecular flexibility index (Phi) is 4.12. The topological polar surface area (TPSA) is 79.1 Å². The van der Waals surface area contributed by atoms with Crippen LogP contribution in [0.3, 0.4) is 0 Å². The number of nitrogen functional groups attached to an aromatic ring is 1. The predicted octanol–water partition coefficient (Wildman–Crippen LogP) is 1.70. The first kappa shape index (κ1) is 15.3. The molecule has 6 heteroatoms. The van der Waals surface area contributed by atoms with Crippen molar-refractivity contribution >= 4 is 17.6 Å². The molecule has 4 N–H and O–H groups in total. The van der Waals surface area contributed by atoms with Gasteiger partial charge in [-0.25, -0.2) is 0 Å². The van der Waals surface area contributed by atoms with Crippen LogP contribution in [0.1, 0.15) is 33.6 Å². The minimum Gasteiger partial charge on any atom is -0.369 e. The minimum atomic E-state index is 0.201. The Bertz CT molecular complexity index is 510. The third-order valence-electron chi connectivity index (χ3n) is 4.45. The van der Waals surface area contributed by atoms with Crippen LogP contribution in [0.15, 0.2) is 6.07 Å². The van der Waals surface area contributed by atoms with Gasteiger partial charge in [-0.1, -0.05) is 20.8 Å². The highest BCUT2D eigenvalue weighted by atomic mass is 15.3. The van der Waals surface area contributed by atoms with Crippen molar-refractivity contribution in [3.63, 3.8) is 0 Å². The first-order valence-electron chi connectivity index (χ1n) is 8.27. The highest BCUT2D eigenvalue weighted by molar-refractivity contribution is 5.53. The van der Waals surface area contributed by atoms with Crippen LogP contribution in [0.25, 0.3) is 0 Å². The molecule has 2 aliphatic rings. The average molecular weight is 304 g/mol. The van der Waals surface area contributed by atoms with Crippen LogP contribution in [0, 0.1) is 11.3 Å². The van der Waals surface area contributed by atoms with Crippen molar-refractivity contribution in [2.75, 3.05) is 42.1 Å². The number of nitrogens with one attached hydrogen (secondary N) is 2. The third-order valence-corrected chi connectivity index (χ3v) is 4.45. The van der Waals surface area contributed by atoms with Gasteiger partial charge in [-0.2, -0.15) is 9.97 Å². The van der Waals surface area contributed by atoms with E-state index in [2.05, 4.69) is 46.3 Å². The van der Waals surface area contributed by atoms with E-state index in [1.807, 2.05) is 6.07 Å². The fourth-order valence-electron chi connectivity index (χ4n) is 3.29. The van der Waals surface area contributed by atoms with Crippen LogP contribution in [0.4, 0.5) is 17.6 Å². The summed E-state index contributed by atoms with van der Waals surface area (Å²) in [6, 6.07) is 2.62. The van der Waals surface area contributed by atoms with Crippen LogP contribution in [-0.2, 0) is 0 Å². The van der Waals surface area contributed by atoms with E-state index in [1.54, 1.807) is 0 Å². The van der Waals surface area contributed by atoms with E-state index in [1.165, 1.54) is 12.8 Å². The Morgan fingerprint density at radius 2 is 2.18 bits per heavy atom. The number of anilines is 3. The van der Waals surface area contributed by atoms with Crippen LogP contribution >= 0.6 is 0 Å². The van der Waals surface area contributed by atoms with Gasteiger partial charge >= 0.3 is 0 Å². The largest absolute Gasteiger partial charge is 0.369 e. The molecule has 2 aliphatic heterocycles. The quantitative estimate of drug-likeness (QED) is 0.789. The number of fused-ring (bicyclic) bond motifs is 1. The summed E-state index contributed by atoms with van der Waals surface area (Å²) in [5, 5.41) is 7.00. The summed E-state index contributed by atoms with van der Waals surface area (Å²) in [6.07, 6.45) is 2.59. The van der Waals surface area contributed by atoms with E-state index in [-0.39, 0.29) is 5.41 Å². The highest BCUT2D eigenvalue weighted by Gasteiger charge is 2.35. The second kappa shape index (κ2) is 5.91. The fourth-order valence-corrected chi connectivity index (χ4v) is 3.29. The molecule has 0 spiro atoms. The van der Waals surface area contributed by atoms with Gasteiger partial charge < -0.3 is 21.3 Å². The Morgan fingerprint density at radius 1 is 1.36 bits per heavy atom. The van der Waals surface area contributed by atoms with Crippen LogP contribution in [0.5, 0.6) is 0 Å². The predicted molar refractivity (Wildman–Crippen MR) is 91.1 cm³/mol. The molecular formula is C16H28N6. The SMILES string of the molecule is CC(C)(C)CNc1cc(N2C[C@H]3CCCN[C@H]3C2)nc(N)n1. The molecule has 6 nitrogen and oxygen atoms in total. The van der Waals surface area contributed by atoms with E-state index in [4.69, 9.17) is 5.73 Å². The van der Waals surface area contributed by atoms with Gasteiger partial charge in [-0.15, -0.1) is 0 Å². The Hall–Kier alpha value is -1.56. The second-order valence-corrected chi connectivity index (χ2v) is 7.75. The molecule has 122 valence electrons. The van der Waals surface area contributed by atoms with Gasteiger partial charge in [0.1, 0.15) is 11.6 Å². The van der Waals surface area contributed by atoms with Gasteiger partial charge in [-0.3, -0.25) is 0 Å². The Balaban J connectivity index is 1.72. The number of piperidine rings is 1. The normalized spacial score (nSPS) is 25.1. The van der Waals surface area contributed by atoms with Gasteiger partial charge in [0.15, 0.2) is 0 Å². The van der Waals surface area contributed by atoms with E-state index in [9.17, 15) is 0 Å². The van der Waals surface area contributed by atoms with E-state index in [0.717, 1.165) is 43.7 Å². The van der Waals surface area contributed by atoms with Gasteiger partial charge in [-0.05, 0) is 30.7 Å². The molecule has 0 bridgehead atoms. The van der Waals surface area contributed by atoms with Gasteiger partial charge in [0, 0.05) is 31.7 Å². The minimum absolute atomic E-state index is 0.201. The van der Waals surface area contributed by atoms with Crippen molar-refractivity contribution in [3.05, 3.63) is 6.07 Å². The molecule has 0 unspecified atom stereocenters. The fraction of sp³-hybridized carbons (Fsp3) is 0.750. The molecule has 0 amide bonds. The smallest absolute Gasteiger partial charge is 0.223 e. The van der Waals surface area contributed by atoms with Crippen molar-refractivity contribution < 1.29 is 0 Å². The number of aromatic nitrogens is 2. The zero-order valence-corrected chi connectivity index (χ0v) is 13.9. The molecule has 22 heavy (non-hydrogen) atoms. The van der Waals surface area contributed by atoms with E-state index < -0.39 is 0 Å². The number of nitrogens with zero attached hydrogens (tertiary/aromatic N) is 3. The molecule has 2 atom stereocenters. The van der Waals surface area contributed by atoms with Gasteiger partial charge in [0.25, 0.3) is 0 Å². The molecule has 1 aromatic rings. The first-order valence-corrected chi connectivity index (χ1v) is 8.27. The van der Waals surface area contributed by atoms with E-state index in [0.29, 0.717) is 12.0 Å². The summed E-state index contributed by atoms with van der Waals surface area (Å²) < 4.78 is 0. The van der Waals surface area contributed by atoms with Crippen molar-refractivity contribution in [1.82, 2.24) is 15.3 Å². The monoisotopic (exact) mass is 304 g/mol. The van der Waals surface area contributed by atoms with E-state index >= 15 is 0 Å². The van der Waals surface area contributed by atoms with Gasteiger partial charge in [0.05, 0.1) is 0 Å². The molecule has 2 saturated heterocycles. The lowest BCUT2D eigenvalue weighted by atomic mass is 9.94. The summed E-state index contributed by atoms with van der Waals surface area (Å²) in [4.78, 5) is 11.1. The van der Waals surface area contributed by atoms with Crippen LogP contribution in [-0.4, -0.2) is 42.2 Å². The molecule has 0 aromatic carbocycles. The standard InChI is InChI=1S/C16H28N6/c1-16(2,3)10-19-13-7-14(21-15(17)20-13)22-8-11-5-4-6-18-12(11)9-22/h7,11-12,18H,4-6,8-10H2,1-3H3,(H3,17,19,20,21)/t11-,12+/m1/s1. The summed E-state index contributed by atoms with van der Waals surface area (Å²) in [5.41, 5.74) is 6.11. The summed E-state index contributed by atoms with van der Waals surface area (Å²) >= 11 is 0. The molecule has 0 aliphatic carbocycles. The number of hydrogen-bond acceptors (Lipinski definition) is 6. The van der Waals surface area contributed by atoms with Crippen molar-refractivity contribution in [2.24, 2.45) is 11.3 Å². The Labute approximate surface area is 132 Å². The summed E-state index contributed by atoms with van der Waals surface area (Å²) in [6.45, 7) is 10.7. The average Bonchev–Trinajstić information content (AvgIpc) is 2.88. The second-order valence-electron chi connectivity index (χ2n) is 7.75. The summed E-state index contributed by atoms with van der Waals surface area (Å²) in [5.74, 6) is 2.84. The van der Waals surface area contributed by atoms with Crippen molar-refractivity contribution in [2.45, 2.75) is 39.7 Å². The maximum absolute atomic E-state index is 5.91. The zero-order chi connectivity index (χ0) is 15.7. The highest BCUT2D eigenvalue weighted by Crippen LogP contribution is 2.29. The van der Waals surface area contributed by atoms with Crippen LogP contribution < -0.4 is 21.3 Å². The van der Waals surface area contributed by atoms with Crippen molar-refractivity contribution in [1.29, 1.82) is 0 Å². The zero-order valence-electron chi connectivity index (χ0n) is 13.9. The molecular weight excluding hydrogens is 276 g/mol. The molecule has 3 heterocycles. The lowest BCUT2D eigenvalue weighted by Crippen LogP contribution is -2.40. The molecule has 3 rings (SSSR count). The first-order chi connectivity index (χ1) is 10.4. The maximum Gasteiger partial charge on any atom is 0.223 e. The van der Waals surface area contributed by atoms with Gasteiger partial charge in [0.2, 0.25) is 5.95 Å². The molecule has 0 radical (unpaired) electrons. The lowest BCUT2D eigenvalue weighted by molar-refractivity contribution is 0.340. The molecule has 2 fully saturated rings. The Morgan fingerprint density at radius 3 is 2.91 bits per heavy atom. The number of rotatable bonds is 3. The molecule has 0 saturated carbocycles. The summed E-state index contributed by atoms with van der Waals surface area (Å²) in [7, 11) is 0. The van der Waals surface area contributed by atoms with Crippen molar-refractivity contribution in [3.8, 4) is 0 Å². The number of nitrogens with two attached hydrogens (primary N) is 1. The molecule has 1 aromatic heterocycles. The lowest BCUT2D eigenvalue weighted by Gasteiger charge is -2.24. The third kappa shape index (κ3) is 3.61. The van der Waals surface area contributed by atoms with Crippen LogP contribution in [0.2, 0.25) is 0 Å². The maximum atomic E-state index is 5.91.